The maximum atomic E-state index is 14.6. The average molecular weight is 602 g/mol. The van der Waals surface area contributed by atoms with Crippen LogP contribution in [0, 0.1) is 0 Å². The number of halogens is 2. The molecule has 204 valence electrons. The number of thiophene rings is 1. The van der Waals surface area contributed by atoms with Gasteiger partial charge in [0.1, 0.15) is 5.69 Å². The minimum absolute atomic E-state index is 0.0269. The number of pyridine rings is 1. The molecule has 0 atom stereocenters. The summed E-state index contributed by atoms with van der Waals surface area (Å²) >= 11 is 14.0. The summed E-state index contributed by atoms with van der Waals surface area (Å²) in [4.78, 5) is 33.3. The zero-order valence-electron chi connectivity index (χ0n) is 21.4. The van der Waals surface area contributed by atoms with Crippen molar-refractivity contribution in [2.75, 3.05) is 10.7 Å². The second kappa shape index (κ2) is 10.9. The van der Waals surface area contributed by atoms with Crippen molar-refractivity contribution in [2.24, 2.45) is 5.84 Å². The SMILES string of the molecule is Nc1ccccc1N(N)c1c(-c2cccc(Cl)c2)n(Cc2csc(Cl)c2)c(=O)n(-c2cncc3ccccc23)c1=O. The minimum atomic E-state index is -0.645. The molecular weight excluding hydrogens is 579 g/mol. The molecule has 0 fully saturated rings. The van der Waals surface area contributed by atoms with Crippen molar-refractivity contribution >= 4 is 62.4 Å². The third-order valence-corrected chi connectivity index (χ3v) is 8.08. The van der Waals surface area contributed by atoms with Crippen LogP contribution in [-0.2, 0) is 6.54 Å². The lowest BCUT2D eigenvalue weighted by Crippen LogP contribution is -2.44. The van der Waals surface area contributed by atoms with E-state index in [1.807, 2.05) is 29.6 Å². The molecule has 6 aromatic rings. The number of aromatic nitrogens is 3. The number of nitrogen functional groups attached to an aromatic ring is 1. The summed E-state index contributed by atoms with van der Waals surface area (Å²) in [5.74, 6) is 6.73. The molecular formula is C30H22Cl2N6O2S. The largest absolute Gasteiger partial charge is 0.397 e. The number of rotatable bonds is 6. The molecule has 0 aliphatic heterocycles. The van der Waals surface area contributed by atoms with Gasteiger partial charge < -0.3 is 5.73 Å². The Morgan fingerprint density at radius 2 is 1.71 bits per heavy atom. The van der Waals surface area contributed by atoms with Gasteiger partial charge in [-0.1, -0.05) is 71.7 Å². The number of para-hydroxylation sites is 2. The number of hydrogen-bond donors (Lipinski definition) is 2. The van der Waals surface area contributed by atoms with E-state index in [1.54, 1.807) is 60.8 Å². The lowest BCUT2D eigenvalue weighted by molar-refractivity contribution is 0.689. The van der Waals surface area contributed by atoms with Crippen LogP contribution in [0.5, 0.6) is 0 Å². The predicted molar refractivity (Wildman–Crippen MR) is 168 cm³/mol. The molecule has 6 rings (SSSR count). The Bertz CT molecular complexity index is 2050. The number of anilines is 3. The van der Waals surface area contributed by atoms with E-state index in [9.17, 15) is 9.59 Å². The molecule has 0 saturated carbocycles. The highest BCUT2D eigenvalue weighted by Gasteiger charge is 2.27. The number of nitrogens with two attached hydrogens (primary N) is 2. The van der Waals surface area contributed by atoms with E-state index in [4.69, 9.17) is 34.8 Å². The molecule has 0 unspecified atom stereocenters. The predicted octanol–water partition coefficient (Wildman–Crippen LogP) is 6.23. The van der Waals surface area contributed by atoms with Crippen molar-refractivity contribution in [2.45, 2.75) is 6.54 Å². The Balaban J connectivity index is 1.77. The van der Waals surface area contributed by atoms with Gasteiger partial charge in [0.05, 0.1) is 39.8 Å². The van der Waals surface area contributed by atoms with Crippen LogP contribution in [0.2, 0.25) is 9.36 Å². The second-order valence-corrected chi connectivity index (χ2v) is 11.3. The highest BCUT2D eigenvalue weighted by Crippen LogP contribution is 2.35. The van der Waals surface area contributed by atoms with Crippen LogP contribution in [0.25, 0.3) is 27.7 Å². The molecule has 0 aliphatic rings. The number of nitrogens with zero attached hydrogens (tertiary/aromatic N) is 4. The van der Waals surface area contributed by atoms with Crippen molar-refractivity contribution in [3.8, 4) is 16.9 Å². The van der Waals surface area contributed by atoms with E-state index in [0.29, 0.717) is 37.4 Å². The van der Waals surface area contributed by atoms with Crippen molar-refractivity contribution in [3.63, 3.8) is 0 Å². The third-order valence-electron chi connectivity index (χ3n) is 6.71. The number of hydrogen-bond acceptors (Lipinski definition) is 7. The van der Waals surface area contributed by atoms with Gasteiger partial charge in [-0.3, -0.25) is 19.4 Å². The summed E-state index contributed by atoms with van der Waals surface area (Å²) in [7, 11) is 0. The first-order valence-electron chi connectivity index (χ1n) is 12.4. The first-order chi connectivity index (χ1) is 19.8. The van der Waals surface area contributed by atoms with Gasteiger partial charge in [0.15, 0.2) is 0 Å². The monoisotopic (exact) mass is 600 g/mol. The van der Waals surface area contributed by atoms with Crippen LogP contribution in [0.15, 0.2) is 106 Å². The normalized spacial score (nSPS) is 11.2. The standard InChI is InChI=1S/C30H22Cl2N6O2S/c31-21-8-5-7-19(13-21)27-28(38(34)24-11-4-3-10-23(24)33)29(39)37(25-15-35-14-20-6-1-2-9-22(20)25)30(40)36(27)16-18-12-26(32)41-17-18/h1-15,17H,16,33-34H2. The lowest BCUT2D eigenvalue weighted by Gasteiger charge is -2.26. The van der Waals surface area contributed by atoms with Gasteiger partial charge in [-0.25, -0.2) is 15.2 Å². The van der Waals surface area contributed by atoms with Gasteiger partial charge >= 0.3 is 5.69 Å². The fourth-order valence-corrected chi connectivity index (χ4v) is 5.95. The molecule has 11 heteroatoms. The number of benzene rings is 3. The fourth-order valence-electron chi connectivity index (χ4n) is 4.86. The molecule has 4 N–H and O–H groups in total. The quantitative estimate of drug-likeness (QED) is 0.133. The van der Waals surface area contributed by atoms with Crippen LogP contribution >= 0.6 is 34.5 Å². The van der Waals surface area contributed by atoms with Crippen LogP contribution in [0.3, 0.4) is 0 Å². The second-order valence-electron chi connectivity index (χ2n) is 9.28. The Morgan fingerprint density at radius 3 is 2.46 bits per heavy atom. The van der Waals surface area contributed by atoms with Crippen LogP contribution in [0.1, 0.15) is 5.56 Å². The smallest absolute Gasteiger partial charge is 0.336 e. The Hall–Kier alpha value is -4.41. The van der Waals surface area contributed by atoms with Crippen molar-refractivity contribution in [3.05, 3.63) is 132 Å². The van der Waals surface area contributed by atoms with Gasteiger partial charge in [0.2, 0.25) is 0 Å². The van der Waals surface area contributed by atoms with E-state index >= 15 is 0 Å². The zero-order chi connectivity index (χ0) is 28.7. The molecule has 8 nitrogen and oxygen atoms in total. The molecule has 0 aliphatic carbocycles. The fraction of sp³-hybridized carbons (Fsp3) is 0.0333. The lowest BCUT2D eigenvalue weighted by atomic mass is 10.1. The highest BCUT2D eigenvalue weighted by atomic mass is 35.5. The van der Waals surface area contributed by atoms with E-state index in [2.05, 4.69) is 4.98 Å². The third kappa shape index (κ3) is 4.89. The molecule has 3 aromatic heterocycles. The van der Waals surface area contributed by atoms with E-state index in [1.165, 1.54) is 27.1 Å². The molecule has 0 radical (unpaired) electrons. The van der Waals surface area contributed by atoms with Crippen molar-refractivity contribution < 1.29 is 0 Å². The van der Waals surface area contributed by atoms with Crippen LogP contribution in [0.4, 0.5) is 17.1 Å². The zero-order valence-corrected chi connectivity index (χ0v) is 23.7. The van der Waals surface area contributed by atoms with Crippen LogP contribution < -0.4 is 27.8 Å². The molecule has 0 saturated heterocycles. The molecule has 3 heterocycles. The average Bonchev–Trinajstić information content (AvgIpc) is 3.38. The van der Waals surface area contributed by atoms with E-state index in [0.717, 1.165) is 15.5 Å². The minimum Gasteiger partial charge on any atom is -0.397 e. The maximum absolute atomic E-state index is 14.6. The topological polar surface area (TPSA) is 112 Å². The van der Waals surface area contributed by atoms with Gasteiger partial charge in [-0.05, 0) is 41.3 Å². The van der Waals surface area contributed by atoms with E-state index in [-0.39, 0.29) is 17.9 Å². The molecule has 3 aromatic carbocycles. The maximum Gasteiger partial charge on any atom is 0.336 e. The van der Waals surface area contributed by atoms with Crippen LogP contribution in [-0.4, -0.2) is 14.1 Å². The molecule has 0 amide bonds. The molecule has 0 bridgehead atoms. The first-order valence-corrected chi connectivity index (χ1v) is 14.1. The molecule has 0 spiro atoms. The Kier molecular flexibility index (Phi) is 7.10. The Labute approximate surface area is 248 Å². The first kappa shape index (κ1) is 26.8. The van der Waals surface area contributed by atoms with E-state index < -0.39 is 11.2 Å². The summed E-state index contributed by atoms with van der Waals surface area (Å²) in [5.41, 5.74) is 7.74. The van der Waals surface area contributed by atoms with Gasteiger partial charge in [-0.2, -0.15) is 0 Å². The van der Waals surface area contributed by atoms with Gasteiger partial charge in [-0.15, -0.1) is 11.3 Å². The summed E-state index contributed by atoms with van der Waals surface area (Å²) < 4.78 is 3.18. The van der Waals surface area contributed by atoms with Crippen molar-refractivity contribution in [1.82, 2.24) is 14.1 Å². The highest BCUT2D eigenvalue weighted by molar-refractivity contribution is 7.14. The number of fused-ring (bicyclic) bond motifs is 1. The Morgan fingerprint density at radius 1 is 0.927 bits per heavy atom. The summed E-state index contributed by atoms with van der Waals surface area (Å²) in [6.45, 7) is 0.105. The molecule has 41 heavy (non-hydrogen) atoms. The van der Waals surface area contributed by atoms with Gasteiger partial charge in [0.25, 0.3) is 5.56 Å². The van der Waals surface area contributed by atoms with Gasteiger partial charge in [0, 0.05) is 27.6 Å². The summed E-state index contributed by atoms with van der Waals surface area (Å²) in [6, 6.07) is 23.0. The number of hydrazine groups is 1. The summed E-state index contributed by atoms with van der Waals surface area (Å²) in [5, 5.41) is 4.96. The summed E-state index contributed by atoms with van der Waals surface area (Å²) in [6.07, 6.45) is 3.18. The van der Waals surface area contributed by atoms with Crippen molar-refractivity contribution in [1.29, 1.82) is 0 Å².